The third kappa shape index (κ3) is 3.52. The highest BCUT2D eigenvalue weighted by atomic mass is 19.3. The van der Waals surface area contributed by atoms with E-state index in [1.54, 1.807) is 13.0 Å². The van der Waals surface area contributed by atoms with Gasteiger partial charge in [0, 0.05) is 17.9 Å². The van der Waals surface area contributed by atoms with Crippen molar-refractivity contribution < 1.29 is 13.9 Å². The zero-order valence-electron chi connectivity index (χ0n) is 11.3. The highest BCUT2D eigenvalue weighted by Crippen LogP contribution is 2.35. The fourth-order valence-electron chi connectivity index (χ4n) is 2.16. The molecule has 0 spiro atoms. The number of aliphatic hydroxyl groups is 1. The first-order valence-electron chi connectivity index (χ1n) is 6.51. The number of halogens is 2. The number of aliphatic hydroxyl groups excluding tert-OH is 1. The number of rotatable bonds is 6. The van der Waals surface area contributed by atoms with Crippen molar-refractivity contribution >= 4 is 0 Å². The molecule has 0 radical (unpaired) electrons. The number of benzene rings is 1. The molecule has 1 aromatic carbocycles. The Labute approximate surface area is 108 Å². The molecule has 0 saturated heterocycles. The van der Waals surface area contributed by atoms with Crippen LogP contribution in [-0.4, -0.2) is 11.7 Å². The van der Waals surface area contributed by atoms with Crippen LogP contribution in [0.2, 0.25) is 0 Å². The van der Waals surface area contributed by atoms with Crippen molar-refractivity contribution in [2.75, 3.05) is 6.61 Å². The van der Waals surface area contributed by atoms with E-state index in [9.17, 15) is 13.9 Å². The predicted molar refractivity (Wildman–Crippen MR) is 69.9 cm³/mol. The van der Waals surface area contributed by atoms with Crippen LogP contribution < -0.4 is 0 Å². The fraction of sp³-hybridized carbons (Fsp3) is 0.600. The minimum Gasteiger partial charge on any atom is -0.396 e. The van der Waals surface area contributed by atoms with Crippen LogP contribution in [0.25, 0.3) is 0 Å². The Hall–Kier alpha value is -0.960. The Morgan fingerprint density at radius 2 is 1.94 bits per heavy atom. The lowest BCUT2D eigenvalue weighted by Gasteiger charge is -2.22. The summed E-state index contributed by atoms with van der Waals surface area (Å²) in [6, 6.07) is 6.47. The van der Waals surface area contributed by atoms with E-state index in [4.69, 9.17) is 0 Å². The van der Waals surface area contributed by atoms with Crippen molar-refractivity contribution in [3.8, 4) is 0 Å². The Balaban J connectivity index is 3.05. The van der Waals surface area contributed by atoms with Gasteiger partial charge in [0.15, 0.2) is 0 Å². The molecule has 0 heterocycles. The summed E-state index contributed by atoms with van der Waals surface area (Å²) in [5, 5.41) is 9.36. The van der Waals surface area contributed by atoms with Gasteiger partial charge in [-0.2, -0.15) is 0 Å². The van der Waals surface area contributed by atoms with Gasteiger partial charge >= 0.3 is 0 Å². The summed E-state index contributed by atoms with van der Waals surface area (Å²) in [6.45, 7) is 5.71. The third-order valence-corrected chi connectivity index (χ3v) is 3.30. The van der Waals surface area contributed by atoms with Crippen LogP contribution in [0.3, 0.4) is 0 Å². The molecule has 1 N–H and O–H groups in total. The zero-order chi connectivity index (χ0) is 13.8. The van der Waals surface area contributed by atoms with E-state index in [2.05, 4.69) is 0 Å². The minimum atomic E-state index is -2.78. The molecule has 3 heteroatoms. The second-order valence-corrected chi connectivity index (χ2v) is 5.11. The first-order valence-corrected chi connectivity index (χ1v) is 6.51. The van der Waals surface area contributed by atoms with Gasteiger partial charge < -0.3 is 5.11 Å². The molecular formula is C15H22F2O. The summed E-state index contributed by atoms with van der Waals surface area (Å²) in [4.78, 5) is 0. The fourth-order valence-corrected chi connectivity index (χ4v) is 2.16. The molecule has 102 valence electrons. The van der Waals surface area contributed by atoms with Crippen molar-refractivity contribution in [2.24, 2.45) is 5.92 Å². The molecule has 0 amide bonds. The predicted octanol–water partition coefficient (Wildman–Crippen LogP) is 4.31. The van der Waals surface area contributed by atoms with Crippen molar-refractivity contribution in [3.05, 3.63) is 35.4 Å². The second-order valence-electron chi connectivity index (χ2n) is 5.11. The molecule has 18 heavy (non-hydrogen) atoms. The Morgan fingerprint density at radius 3 is 2.44 bits per heavy atom. The molecule has 0 bridgehead atoms. The molecular weight excluding hydrogens is 234 g/mol. The Morgan fingerprint density at radius 1 is 1.28 bits per heavy atom. The van der Waals surface area contributed by atoms with Gasteiger partial charge in [0.25, 0.3) is 5.92 Å². The molecule has 0 aromatic heterocycles. The molecule has 0 aliphatic heterocycles. The van der Waals surface area contributed by atoms with Gasteiger partial charge in [-0.1, -0.05) is 45.4 Å². The second kappa shape index (κ2) is 6.28. The maximum Gasteiger partial charge on any atom is 0.273 e. The van der Waals surface area contributed by atoms with Gasteiger partial charge in [-0.3, -0.25) is 0 Å². The lowest BCUT2D eigenvalue weighted by molar-refractivity contribution is -0.0141. The minimum absolute atomic E-state index is 0.0134. The van der Waals surface area contributed by atoms with Crippen LogP contribution in [0.1, 0.15) is 50.7 Å². The van der Waals surface area contributed by atoms with E-state index in [0.717, 1.165) is 5.56 Å². The van der Waals surface area contributed by atoms with Crippen LogP contribution in [0.4, 0.5) is 8.78 Å². The molecule has 1 atom stereocenters. The SMILES string of the molecule is CCCC(F)(F)c1cccc(C(CO)C(C)C)c1. The molecule has 1 nitrogen and oxygen atoms in total. The number of alkyl halides is 2. The first kappa shape index (κ1) is 15.1. The van der Waals surface area contributed by atoms with E-state index < -0.39 is 5.92 Å². The number of hydrogen-bond donors (Lipinski definition) is 1. The summed E-state index contributed by atoms with van der Waals surface area (Å²) in [6.07, 6.45) is 0.312. The van der Waals surface area contributed by atoms with E-state index >= 15 is 0 Å². The molecule has 1 rings (SSSR count). The van der Waals surface area contributed by atoms with E-state index in [1.807, 2.05) is 19.9 Å². The van der Waals surface area contributed by atoms with Crippen LogP contribution in [-0.2, 0) is 5.92 Å². The summed E-state index contributed by atoms with van der Waals surface area (Å²) in [5.74, 6) is -2.63. The molecule has 0 aliphatic rings. The average molecular weight is 256 g/mol. The van der Waals surface area contributed by atoms with Gasteiger partial charge in [0.1, 0.15) is 0 Å². The summed E-state index contributed by atoms with van der Waals surface area (Å²) < 4.78 is 27.7. The Kier molecular flexibility index (Phi) is 5.27. The molecule has 1 unspecified atom stereocenters. The highest BCUT2D eigenvalue weighted by Gasteiger charge is 2.30. The van der Waals surface area contributed by atoms with Crippen molar-refractivity contribution in [2.45, 2.75) is 45.5 Å². The molecule has 0 aliphatic carbocycles. The zero-order valence-corrected chi connectivity index (χ0v) is 11.3. The van der Waals surface area contributed by atoms with Crippen LogP contribution in [0.5, 0.6) is 0 Å². The van der Waals surface area contributed by atoms with Crippen LogP contribution >= 0.6 is 0 Å². The normalized spacial score (nSPS) is 13.9. The standard InChI is InChI=1S/C15H22F2O/c1-4-8-15(16,17)13-7-5-6-12(9-13)14(10-18)11(2)3/h5-7,9,11,14,18H,4,8,10H2,1-3H3. The molecule has 0 saturated carbocycles. The summed E-state index contributed by atoms with van der Waals surface area (Å²) >= 11 is 0. The van der Waals surface area contributed by atoms with Crippen molar-refractivity contribution in [3.63, 3.8) is 0 Å². The molecule has 0 fully saturated rings. The highest BCUT2D eigenvalue weighted by molar-refractivity contribution is 5.29. The van der Waals surface area contributed by atoms with Gasteiger partial charge in [-0.15, -0.1) is 0 Å². The average Bonchev–Trinajstić information content (AvgIpc) is 2.30. The smallest absolute Gasteiger partial charge is 0.273 e. The maximum absolute atomic E-state index is 13.8. The lowest BCUT2D eigenvalue weighted by Crippen LogP contribution is -2.16. The largest absolute Gasteiger partial charge is 0.396 e. The summed E-state index contributed by atoms with van der Waals surface area (Å²) in [5.41, 5.74) is 0.849. The molecule has 1 aromatic rings. The third-order valence-electron chi connectivity index (χ3n) is 3.30. The maximum atomic E-state index is 13.8. The lowest BCUT2D eigenvalue weighted by atomic mass is 9.87. The van der Waals surface area contributed by atoms with Gasteiger partial charge in [-0.05, 0) is 17.5 Å². The van der Waals surface area contributed by atoms with Gasteiger partial charge in [-0.25, -0.2) is 8.78 Å². The quantitative estimate of drug-likeness (QED) is 0.804. The van der Waals surface area contributed by atoms with Crippen molar-refractivity contribution in [1.82, 2.24) is 0 Å². The van der Waals surface area contributed by atoms with E-state index in [1.165, 1.54) is 12.1 Å². The van der Waals surface area contributed by atoms with E-state index in [-0.39, 0.29) is 30.4 Å². The van der Waals surface area contributed by atoms with Gasteiger partial charge in [0.05, 0.1) is 6.61 Å². The van der Waals surface area contributed by atoms with Gasteiger partial charge in [0.2, 0.25) is 0 Å². The van der Waals surface area contributed by atoms with E-state index in [0.29, 0.717) is 6.42 Å². The first-order chi connectivity index (χ1) is 8.42. The summed E-state index contributed by atoms with van der Waals surface area (Å²) in [7, 11) is 0. The Bertz CT molecular complexity index is 375. The monoisotopic (exact) mass is 256 g/mol. The number of hydrogen-bond acceptors (Lipinski definition) is 1. The van der Waals surface area contributed by atoms with Crippen LogP contribution in [0.15, 0.2) is 24.3 Å². The van der Waals surface area contributed by atoms with Crippen molar-refractivity contribution in [1.29, 1.82) is 0 Å². The topological polar surface area (TPSA) is 20.2 Å². The van der Waals surface area contributed by atoms with Crippen LogP contribution in [0, 0.1) is 5.92 Å².